The number of carbonyl (C=O) groups is 1. The molecule has 0 saturated carbocycles. The maximum Gasteiger partial charge on any atom is 0.326 e. The van der Waals surface area contributed by atoms with Crippen molar-refractivity contribution in [3.8, 4) is 5.75 Å². The molecule has 4 rings (SSSR count). The van der Waals surface area contributed by atoms with E-state index in [1.807, 2.05) is 35.1 Å². The molecule has 2 aliphatic rings. The molecule has 1 amide bonds. The molecule has 0 spiro atoms. The summed E-state index contributed by atoms with van der Waals surface area (Å²) in [6.07, 6.45) is 1.60. The Morgan fingerprint density at radius 1 is 1.29 bits per heavy atom. The van der Waals surface area contributed by atoms with E-state index in [0.29, 0.717) is 9.99 Å². The molecule has 0 aliphatic carbocycles. The fourth-order valence-corrected chi connectivity index (χ4v) is 4.50. The first-order valence-electron chi connectivity index (χ1n) is 8.61. The lowest BCUT2D eigenvalue weighted by Gasteiger charge is -2.24. The Bertz CT molecular complexity index is 1100. The molecule has 2 aliphatic heterocycles. The number of anilines is 1. The minimum atomic E-state index is -4.20. The van der Waals surface area contributed by atoms with Gasteiger partial charge in [0.25, 0.3) is 5.91 Å². The first-order chi connectivity index (χ1) is 13.2. The van der Waals surface area contributed by atoms with Gasteiger partial charge in [-0.2, -0.15) is 8.42 Å². The molecule has 28 heavy (non-hydrogen) atoms. The molecular formula is C19H18FN3O4S. The quantitative estimate of drug-likeness (QED) is 0.850. The number of aliphatic imine (C=N–C) groups is 1. The van der Waals surface area contributed by atoms with Crippen LogP contribution in [0.25, 0.3) is 0 Å². The number of hydrogen-bond donors (Lipinski definition) is 1. The monoisotopic (exact) mass is 403 g/mol. The van der Waals surface area contributed by atoms with Gasteiger partial charge in [0.2, 0.25) is 0 Å². The van der Waals surface area contributed by atoms with Crippen LogP contribution in [0.1, 0.15) is 25.0 Å². The number of fused-ring (bicyclic) bond motifs is 1. The Labute approximate surface area is 162 Å². The molecule has 9 heteroatoms. The highest BCUT2D eigenvalue weighted by molar-refractivity contribution is 7.92. The van der Waals surface area contributed by atoms with Gasteiger partial charge in [0, 0.05) is 23.3 Å². The average molecular weight is 403 g/mol. The molecule has 146 valence electrons. The van der Waals surface area contributed by atoms with Crippen LogP contribution in [0.5, 0.6) is 5.75 Å². The molecule has 2 aromatic carbocycles. The number of amides is 1. The number of hydrogen-bond acceptors (Lipinski definition) is 5. The molecule has 0 unspecified atom stereocenters. The molecule has 0 bridgehead atoms. The zero-order valence-electron chi connectivity index (χ0n) is 15.3. The van der Waals surface area contributed by atoms with Crippen LogP contribution < -0.4 is 13.8 Å². The minimum absolute atomic E-state index is 0.00929. The van der Waals surface area contributed by atoms with Gasteiger partial charge in [-0.15, -0.1) is 0 Å². The Balaban J connectivity index is 1.84. The summed E-state index contributed by atoms with van der Waals surface area (Å²) >= 11 is 0. The molecular weight excluding hydrogens is 385 g/mol. The van der Waals surface area contributed by atoms with Crippen molar-refractivity contribution in [3.05, 3.63) is 53.3 Å². The van der Waals surface area contributed by atoms with Crippen LogP contribution in [0, 0.1) is 5.82 Å². The zero-order chi connectivity index (χ0) is 20.1. The summed E-state index contributed by atoms with van der Waals surface area (Å²) in [5.74, 6) is -1.48. The molecule has 1 N–H and O–H groups in total. The highest BCUT2D eigenvalue weighted by atomic mass is 32.2. The summed E-state index contributed by atoms with van der Waals surface area (Å²) in [6, 6.07) is 10.7. The highest BCUT2D eigenvalue weighted by Crippen LogP contribution is 2.47. The van der Waals surface area contributed by atoms with Crippen molar-refractivity contribution in [2.75, 3.05) is 10.8 Å². The van der Waals surface area contributed by atoms with Crippen molar-refractivity contribution in [2.24, 2.45) is 4.99 Å². The molecule has 0 radical (unpaired) electrons. The van der Waals surface area contributed by atoms with Crippen molar-refractivity contribution in [2.45, 2.75) is 25.9 Å². The second-order valence-corrected chi connectivity index (χ2v) is 8.82. The number of carbonyl (C=O) groups excluding carboxylic acids is 1. The Morgan fingerprint density at radius 3 is 2.64 bits per heavy atom. The molecule has 7 nitrogen and oxygen atoms in total. The molecule has 2 aromatic rings. The van der Waals surface area contributed by atoms with Crippen LogP contribution in [-0.4, -0.2) is 27.1 Å². The van der Waals surface area contributed by atoms with E-state index < -0.39 is 33.9 Å². The lowest BCUT2D eigenvalue weighted by Crippen LogP contribution is -2.31. The van der Waals surface area contributed by atoms with Crippen LogP contribution in [0.4, 0.5) is 15.8 Å². The van der Waals surface area contributed by atoms with Crippen LogP contribution in [0.2, 0.25) is 0 Å². The second-order valence-electron chi connectivity index (χ2n) is 7.22. The number of halogens is 1. The largest absolute Gasteiger partial charge is 0.486 e. The normalized spacial score (nSPS) is 18.8. The summed E-state index contributed by atoms with van der Waals surface area (Å²) in [6.45, 7) is 3.15. The SMILES string of the molecule is CC1(C)C=Nc2cc(OCc3ccccc3)c(N3CC(=O)NS3(=O)=O)c(F)c21. The van der Waals surface area contributed by atoms with Crippen LogP contribution in [0.15, 0.2) is 41.4 Å². The van der Waals surface area contributed by atoms with Crippen molar-refractivity contribution in [1.82, 2.24) is 4.72 Å². The summed E-state index contributed by atoms with van der Waals surface area (Å²) in [4.78, 5) is 15.9. The Kier molecular flexibility index (Phi) is 4.15. The van der Waals surface area contributed by atoms with E-state index >= 15 is 4.39 Å². The fraction of sp³-hybridized carbons (Fsp3) is 0.263. The lowest BCUT2D eigenvalue weighted by molar-refractivity contribution is -0.117. The van der Waals surface area contributed by atoms with Gasteiger partial charge in [0.05, 0.1) is 5.69 Å². The first-order valence-corrected chi connectivity index (χ1v) is 10.1. The lowest BCUT2D eigenvalue weighted by atomic mass is 9.86. The number of ether oxygens (including phenoxy) is 1. The Hall–Kier alpha value is -2.94. The first kappa shape index (κ1) is 18.4. The summed E-state index contributed by atoms with van der Waals surface area (Å²) in [5, 5.41) is 0. The molecule has 2 heterocycles. The number of benzene rings is 2. The van der Waals surface area contributed by atoms with E-state index in [2.05, 4.69) is 4.99 Å². The maximum atomic E-state index is 15.6. The van der Waals surface area contributed by atoms with Gasteiger partial charge in [-0.25, -0.2) is 13.4 Å². The van der Waals surface area contributed by atoms with Gasteiger partial charge in [0.1, 0.15) is 24.6 Å². The summed E-state index contributed by atoms with van der Waals surface area (Å²) in [5.41, 5.74) is 0.477. The molecule has 0 aromatic heterocycles. The topological polar surface area (TPSA) is 88.1 Å². The van der Waals surface area contributed by atoms with E-state index in [-0.39, 0.29) is 23.6 Å². The van der Waals surface area contributed by atoms with E-state index in [0.717, 1.165) is 5.56 Å². The van der Waals surface area contributed by atoms with E-state index in [9.17, 15) is 13.2 Å². The van der Waals surface area contributed by atoms with Crippen molar-refractivity contribution in [1.29, 1.82) is 0 Å². The third-order valence-electron chi connectivity index (χ3n) is 4.66. The predicted octanol–water partition coefficient (Wildman–Crippen LogP) is 2.58. The van der Waals surface area contributed by atoms with Crippen molar-refractivity contribution >= 4 is 33.7 Å². The average Bonchev–Trinajstić information content (AvgIpc) is 3.08. The number of rotatable bonds is 4. The summed E-state index contributed by atoms with van der Waals surface area (Å²) in [7, 11) is -4.20. The molecule has 1 fully saturated rings. The second kappa shape index (κ2) is 6.30. The van der Waals surface area contributed by atoms with Gasteiger partial charge >= 0.3 is 10.2 Å². The molecule has 0 atom stereocenters. The standard InChI is InChI=1S/C19H18FN3O4S/c1-19(2)11-21-13-8-14(27-10-12-6-4-3-5-7-12)18(17(20)16(13)19)23-9-15(24)22-28(23,25)26/h3-8,11H,9-10H2,1-2H3,(H,22,24). The van der Waals surface area contributed by atoms with Gasteiger partial charge in [-0.1, -0.05) is 44.2 Å². The van der Waals surface area contributed by atoms with E-state index in [1.165, 1.54) is 6.07 Å². The third kappa shape index (κ3) is 3.01. The van der Waals surface area contributed by atoms with Crippen molar-refractivity contribution in [3.63, 3.8) is 0 Å². The third-order valence-corrected chi connectivity index (χ3v) is 6.04. The van der Waals surface area contributed by atoms with Crippen LogP contribution in [0.3, 0.4) is 0 Å². The van der Waals surface area contributed by atoms with Crippen molar-refractivity contribution < 1.29 is 22.3 Å². The minimum Gasteiger partial charge on any atom is -0.486 e. The summed E-state index contributed by atoms with van der Waals surface area (Å²) < 4.78 is 48.6. The van der Waals surface area contributed by atoms with Gasteiger partial charge in [0.15, 0.2) is 5.82 Å². The smallest absolute Gasteiger partial charge is 0.326 e. The maximum absolute atomic E-state index is 15.6. The Morgan fingerprint density at radius 2 is 2.00 bits per heavy atom. The predicted molar refractivity (Wildman–Crippen MR) is 103 cm³/mol. The fourth-order valence-electron chi connectivity index (χ4n) is 3.34. The number of nitrogens with one attached hydrogen (secondary N) is 1. The van der Waals surface area contributed by atoms with E-state index in [1.54, 1.807) is 20.1 Å². The van der Waals surface area contributed by atoms with Gasteiger partial charge in [-0.05, 0) is 5.56 Å². The van der Waals surface area contributed by atoms with Crippen LogP contribution in [-0.2, 0) is 27.0 Å². The van der Waals surface area contributed by atoms with Crippen LogP contribution >= 0.6 is 0 Å². The zero-order valence-corrected chi connectivity index (χ0v) is 16.1. The molecule has 1 saturated heterocycles. The number of nitrogens with zero attached hydrogens (tertiary/aromatic N) is 2. The van der Waals surface area contributed by atoms with Gasteiger partial charge in [-0.3, -0.25) is 9.79 Å². The highest BCUT2D eigenvalue weighted by Gasteiger charge is 2.41. The van der Waals surface area contributed by atoms with E-state index in [4.69, 9.17) is 4.74 Å². The van der Waals surface area contributed by atoms with Gasteiger partial charge < -0.3 is 4.74 Å².